The molecule has 2 aromatic rings. The van der Waals surface area contributed by atoms with Gasteiger partial charge in [-0.3, -0.25) is 4.90 Å². The maximum absolute atomic E-state index is 12.2. The van der Waals surface area contributed by atoms with Crippen LogP contribution >= 0.6 is 0 Å². The van der Waals surface area contributed by atoms with E-state index in [1.165, 1.54) is 0 Å². The summed E-state index contributed by atoms with van der Waals surface area (Å²) in [4.78, 5) is 6.21. The fourth-order valence-corrected chi connectivity index (χ4v) is 6.30. The van der Waals surface area contributed by atoms with Crippen LogP contribution in [-0.4, -0.2) is 59.6 Å². The third kappa shape index (κ3) is 3.49. The number of rotatable bonds is 6. The second kappa shape index (κ2) is 7.02. The minimum absolute atomic E-state index is 0.0503. The van der Waals surface area contributed by atoms with Crippen molar-refractivity contribution < 1.29 is 13.2 Å². The number of hydrogen-bond donors (Lipinski definition) is 1. The number of fused-ring (bicyclic) bond motifs is 1. The number of sulfone groups is 1. The van der Waals surface area contributed by atoms with Gasteiger partial charge < -0.3 is 15.0 Å². The minimum atomic E-state index is -3.05. The summed E-state index contributed by atoms with van der Waals surface area (Å²) in [5, 5.41) is -0.313. The lowest BCUT2D eigenvalue weighted by Crippen LogP contribution is -2.33. The summed E-state index contributed by atoms with van der Waals surface area (Å²) in [6.45, 7) is 3.25. The lowest BCUT2D eigenvalue weighted by atomic mass is 10.0. The van der Waals surface area contributed by atoms with Crippen LogP contribution in [0.1, 0.15) is 5.56 Å². The van der Waals surface area contributed by atoms with E-state index in [2.05, 4.69) is 9.88 Å². The van der Waals surface area contributed by atoms with E-state index < -0.39 is 9.84 Å². The first-order valence-corrected chi connectivity index (χ1v) is 10.6. The zero-order valence-corrected chi connectivity index (χ0v) is 15.4. The Morgan fingerprint density at radius 3 is 2.88 bits per heavy atom. The molecule has 0 saturated carbocycles. The van der Waals surface area contributed by atoms with Gasteiger partial charge in [-0.2, -0.15) is 0 Å². The average Bonchev–Trinajstić information content (AvgIpc) is 3.29. The first-order valence-electron chi connectivity index (χ1n) is 8.89. The SMILES string of the molecule is N[C@@H]1CS(=O)(=O)[C@H]2CN(Cc3ccccc3OCCn3ccnc3)C[C@@H]12. The molecule has 1 aromatic heterocycles. The van der Waals surface area contributed by atoms with E-state index in [-0.39, 0.29) is 23.0 Å². The van der Waals surface area contributed by atoms with Crippen LogP contribution < -0.4 is 10.5 Å². The molecule has 0 bridgehead atoms. The van der Waals surface area contributed by atoms with Gasteiger partial charge in [0.05, 0.1) is 23.9 Å². The summed E-state index contributed by atoms with van der Waals surface area (Å²) in [7, 11) is -3.05. The number of nitrogens with zero attached hydrogens (tertiary/aromatic N) is 3. The highest BCUT2D eigenvalue weighted by Gasteiger charge is 2.50. The minimum Gasteiger partial charge on any atom is -0.491 e. The zero-order chi connectivity index (χ0) is 18.1. The highest BCUT2D eigenvalue weighted by Crippen LogP contribution is 2.34. The van der Waals surface area contributed by atoms with Crippen molar-refractivity contribution in [1.29, 1.82) is 0 Å². The summed E-state index contributed by atoms with van der Waals surface area (Å²) >= 11 is 0. The fraction of sp³-hybridized carbons (Fsp3) is 0.500. The van der Waals surface area contributed by atoms with Gasteiger partial charge in [-0.05, 0) is 6.07 Å². The molecule has 2 fully saturated rings. The number of para-hydroxylation sites is 1. The van der Waals surface area contributed by atoms with Crippen LogP contribution in [0.4, 0.5) is 0 Å². The van der Waals surface area contributed by atoms with E-state index in [4.69, 9.17) is 10.5 Å². The van der Waals surface area contributed by atoms with E-state index in [1.807, 2.05) is 35.0 Å². The molecule has 0 unspecified atom stereocenters. The van der Waals surface area contributed by atoms with Crippen LogP contribution in [0.5, 0.6) is 5.75 Å². The third-order valence-corrected chi connectivity index (χ3v) is 7.62. The van der Waals surface area contributed by atoms with Crippen LogP contribution in [-0.2, 0) is 22.9 Å². The predicted octanol–water partition coefficient (Wildman–Crippen LogP) is 0.518. The molecule has 0 spiro atoms. The number of benzene rings is 1. The van der Waals surface area contributed by atoms with Crippen molar-refractivity contribution in [1.82, 2.24) is 14.5 Å². The number of aromatic nitrogens is 2. The molecule has 3 atom stereocenters. The Kier molecular flexibility index (Phi) is 4.73. The zero-order valence-electron chi connectivity index (χ0n) is 14.6. The van der Waals surface area contributed by atoms with Gasteiger partial charge in [0.2, 0.25) is 0 Å². The molecule has 2 aliphatic rings. The van der Waals surface area contributed by atoms with Crippen molar-refractivity contribution in [3.05, 3.63) is 48.5 Å². The van der Waals surface area contributed by atoms with E-state index in [0.717, 1.165) is 24.4 Å². The Morgan fingerprint density at radius 2 is 2.12 bits per heavy atom. The number of hydrogen-bond acceptors (Lipinski definition) is 6. The smallest absolute Gasteiger partial charge is 0.156 e. The summed E-state index contributed by atoms with van der Waals surface area (Å²) in [6, 6.07) is 7.70. The normalized spacial score (nSPS) is 27.5. The van der Waals surface area contributed by atoms with Gasteiger partial charge in [0.1, 0.15) is 12.4 Å². The first-order chi connectivity index (χ1) is 12.5. The Balaban J connectivity index is 1.40. The number of imidazole rings is 1. The quantitative estimate of drug-likeness (QED) is 0.790. The highest BCUT2D eigenvalue weighted by atomic mass is 32.2. The van der Waals surface area contributed by atoms with Crippen molar-refractivity contribution in [3.8, 4) is 5.75 Å². The molecular formula is C18H24N4O3S. The molecule has 0 aliphatic carbocycles. The lowest BCUT2D eigenvalue weighted by molar-refractivity contribution is 0.276. The summed E-state index contributed by atoms with van der Waals surface area (Å²) < 4.78 is 32.4. The van der Waals surface area contributed by atoms with Crippen LogP contribution in [0.25, 0.3) is 0 Å². The van der Waals surface area contributed by atoms with Crippen molar-refractivity contribution in [2.75, 3.05) is 25.4 Å². The molecular weight excluding hydrogens is 352 g/mol. The molecule has 4 rings (SSSR count). The van der Waals surface area contributed by atoms with Crippen molar-refractivity contribution >= 4 is 9.84 Å². The van der Waals surface area contributed by atoms with Gasteiger partial charge in [-0.15, -0.1) is 0 Å². The molecule has 2 aliphatic heterocycles. The Labute approximate surface area is 153 Å². The standard InChI is InChI=1S/C18H24N4O3S/c19-16-12-26(23,24)18-11-22(10-15(16)18)9-14-3-1-2-4-17(14)25-8-7-21-6-5-20-13-21/h1-6,13,15-16,18H,7-12,19H2/t15-,16+,18-/m0/s1. The number of nitrogens with two attached hydrogens (primary N) is 1. The molecule has 0 amide bonds. The van der Waals surface area contributed by atoms with Crippen molar-refractivity contribution in [3.63, 3.8) is 0 Å². The van der Waals surface area contributed by atoms with E-state index in [0.29, 0.717) is 19.7 Å². The van der Waals surface area contributed by atoms with Crippen LogP contribution in [0.3, 0.4) is 0 Å². The Hall–Kier alpha value is -1.90. The summed E-state index contributed by atoms with van der Waals surface area (Å²) in [5.41, 5.74) is 7.13. The Morgan fingerprint density at radius 1 is 1.27 bits per heavy atom. The van der Waals surface area contributed by atoms with Gasteiger partial charge in [0.15, 0.2) is 9.84 Å². The largest absolute Gasteiger partial charge is 0.491 e. The van der Waals surface area contributed by atoms with Crippen LogP contribution in [0.15, 0.2) is 43.0 Å². The van der Waals surface area contributed by atoms with Gasteiger partial charge in [-0.25, -0.2) is 13.4 Å². The second-order valence-corrected chi connectivity index (χ2v) is 9.41. The van der Waals surface area contributed by atoms with E-state index in [1.54, 1.807) is 12.5 Å². The van der Waals surface area contributed by atoms with Gasteiger partial charge in [-0.1, -0.05) is 18.2 Å². The lowest BCUT2D eigenvalue weighted by Gasteiger charge is -2.20. The summed E-state index contributed by atoms with van der Waals surface area (Å²) in [5.74, 6) is 1.02. The molecule has 7 nitrogen and oxygen atoms in total. The molecule has 3 heterocycles. The number of ether oxygens (including phenoxy) is 1. The fourth-order valence-electron chi connectivity index (χ4n) is 4.01. The van der Waals surface area contributed by atoms with E-state index >= 15 is 0 Å². The Bertz CT molecular complexity index is 853. The van der Waals surface area contributed by atoms with Gasteiger partial charge >= 0.3 is 0 Å². The third-order valence-electron chi connectivity index (χ3n) is 5.35. The molecule has 8 heteroatoms. The monoisotopic (exact) mass is 376 g/mol. The van der Waals surface area contributed by atoms with Gasteiger partial charge in [0, 0.05) is 49.6 Å². The maximum atomic E-state index is 12.2. The van der Waals surface area contributed by atoms with Crippen molar-refractivity contribution in [2.24, 2.45) is 11.7 Å². The second-order valence-electron chi connectivity index (χ2n) is 7.15. The predicted molar refractivity (Wildman–Crippen MR) is 98.5 cm³/mol. The molecule has 140 valence electrons. The van der Waals surface area contributed by atoms with E-state index in [9.17, 15) is 8.42 Å². The molecule has 0 radical (unpaired) electrons. The van der Waals surface area contributed by atoms with Gasteiger partial charge in [0.25, 0.3) is 0 Å². The van der Waals surface area contributed by atoms with Crippen molar-refractivity contribution in [2.45, 2.75) is 24.4 Å². The average molecular weight is 376 g/mol. The first kappa shape index (κ1) is 17.5. The molecule has 2 saturated heterocycles. The molecule has 26 heavy (non-hydrogen) atoms. The maximum Gasteiger partial charge on any atom is 0.156 e. The molecule has 1 aromatic carbocycles. The van der Waals surface area contributed by atoms with Crippen LogP contribution in [0, 0.1) is 5.92 Å². The topological polar surface area (TPSA) is 90.5 Å². The van der Waals surface area contributed by atoms with Crippen LogP contribution in [0.2, 0.25) is 0 Å². The highest BCUT2D eigenvalue weighted by molar-refractivity contribution is 7.92. The number of likely N-dealkylation sites (tertiary alicyclic amines) is 1. The molecule has 2 N–H and O–H groups in total. The summed E-state index contributed by atoms with van der Waals surface area (Å²) in [6.07, 6.45) is 5.42.